The average Bonchev–Trinajstić information content (AvgIpc) is 3.04. The van der Waals surface area contributed by atoms with E-state index >= 15 is 0 Å². The van der Waals surface area contributed by atoms with Crippen LogP contribution in [0.4, 0.5) is 10.8 Å². The molecule has 0 fully saturated rings. The molecule has 118 valence electrons. The molecule has 0 atom stereocenters. The Hall–Kier alpha value is -2.64. The lowest BCUT2D eigenvalue weighted by molar-refractivity contribution is 0.101. The fraction of sp³-hybridized carbons (Fsp3) is 0. The van der Waals surface area contributed by atoms with Gasteiger partial charge in [0.05, 0.1) is 11.3 Å². The summed E-state index contributed by atoms with van der Waals surface area (Å²) in [5, 5.41) is 7.95. The van der Waals surface area contributed by atoms with Gasteiger partial charge in [0, 0.05) is 26.9 Å². The predicted molar refractivity (Wildman–Crippen MR) is 95.0 cm³/mol. The van der Waals surface area contributed by atoms with Gasteiger partial charge in [0.15, 0.2) is 5.13 Å². The first kappa shape index (κ1) is 14.9. The second-order valence-corrected chi connectivity index (χ2v) is 7.03. The summed E-state index contributed by atoms with van der Waals surface area (Å²) in [6.07, 6.45) is 1.63. The number of aromatic nitrogens is 1. The molecule has 4 rings (SSSR count). The average molecular weight is 353 g/mol. The number of amides is 2. The van der Waals surface area contributed by atoms with Crippen molar-refractivity contribution in [3.63, 3.8) is 0 Å². The van der Waals surface area contributed by atoms with Crippen LogP contribution in [0.15, 0.2) is 63.8 Å². The molecule has 3 aromatic rings. The highest BCUT2D eigenvalue weighted by Crippen LogP contribution is 2.39. The van der Waals surface area contributed by atoms with Crippen LogP contribution in [0.5, 0.6) is 0 Å². The van der Waals surface area contributed by atoms with E-state index in [0.29, 0.717) is 21.9 Å². The molecule has 0 radical (unpaired) electrons. The van der Waals surface area contributed by atoms with Crippen molar-refractivity contribution in [2.24, 2.45) is 0 Å². The van der Waals surface area contributed by atoms with Crippen LogP contribution in [-0.2, 0) is 0 Å². The maximum atomic E-state index is 12.4. The molecule has 0 saturated carbocycles. The first-order chi connectivity index (χ1) is 11.7. The van der Waals surface area contributed by atoms with Crippen molar-refractivity contribution in [2.45, 2.75) is 9.79 Å². The van der Waals surface area contributed by atoms with Crippen LogP contribution >= 0.6 is 23.1 Å². The molecule has 0 unspecified atom stereocenters. The van der Waals surface area contributed by atoms with Crippen molar-refractivity contribution in [3.8, 4) is 0 Å². The van der Waals surface area contributed by atoms with Crippen molar-refractivity contribution in [1.29, 1.82) is 0 Å². The highest BCUT2D eigenvalue weighted by atomic mass is 32.2. The van der Waals surface area contributed by atoms with E-state index in [9.17, 15) is 9.59 Å². The summed E-state index contributed by atoms with van der Waals surface area (Å²) in [5.74, 6) is -0.428. The van der Waals surface area contributed by atoms with Crippen LogP contribution < -0.4 is 10.6 Å². The normalized spacial score (nSPS) is 12.6. The molecule has 5 nitrogen and oxygen atoms in total. The number of fused-ring (bicyclic) bond motifs is 2. The fourth-order valence-electron chi connectivity index (χ4n) is 2.36. The molecule has 2 heterocycles. The summed E-state index contributed by atoms with van der Waals surface area (Å²) in [5.41, 5.74) is 1.73. The summed E-state index contributed by atoms with van der Waals surface area (Å²) >= 11 is 2.86. The summed E-state index contributed by atoms with van der Waals surface area (Å²) in [7, 11) is 0. The van der Waals surface area contributed by atoms with Gasteiger partial charge in [-0.2, -0.15) is 0 Å². The van der Waals surface area contributed by atoms with Gasteiger partial charge in [-0.1, -0.05) is 23.9 Å². The number of rotatable bonds is 2. The van der Waals surface area contributed by atoms with Gasteiger partial charge >= 0.3 is 0 Å². The summed E-state index contributed by atoms with van der Waals surface area (Å²) < 4.78 is 0. The van der Waals surface area contributed by atoms with Crippen LogP contribution in [0, 0.1) is 0 Å². The van der Waals surface area contributed by atoms with Crippen molar-refractivity contribution >= 4 is 45.7 Å². The quantitative estimate of drug-likeness (QED) is 0.727. The van der Waals surface area contributed by atoms with Gasteiger partial charge in [0.2, 0.25) is 0 Å². The minimum atomic E-state index is -0.256. The van der Waals surface area contributed by atoms with E-state index in [1.54, 1.807) is 29.8 Å². The van der Waals surface area contributed by atoms with E-state index in [1.807, 2.05) is 24.3 Å². The standard InChI is InChI=1S/C17H11N3O2S2/c21-15(20-17-18-7-8-23-17)10-5-6-14-12(9-10)19-16(22)11-3-1-2-4-13(11)24-14/h1-9H,(H,19,22)(H,18,20,21). The maximum Gasteiger partial charge on any atom is 0.257 e. The number of carbonyl (C=O) groups is 2. The molecule has 0 saturated heterocycles. The van der Waals surface area contributed by atoms with Crippen molar-refractivity contribution in [3.05, 3.63) is 65.2 Å². The lowest BCUT2D eigenvalue weighted by Gasteiger charge is -2.08. The number of hydrogen-bond donors (Lipinski definition) is 2. The number of nitrogens with one attached hydrogen (secondary N) is 2. The molecule has 0 bridgehead atoms. The molecular weight excluding hydrogens is 342 g/mol. The molecule has 1 aliphatic heterocycles. The van der Waals surface area contributed by atoms with Crippen LogP contribution in [0.3, 0.4) is 0 Å². The SMILES string of the molecule is O=C(Nc1nccs1)c1ccc2c(c1)NC(=O)c1ccccc1S2. The Morgan fingerprint density at radius 3 is 2.83 bits per heavy atom. The molecule has 1 aromatic heterocycles. The minimum Gasteiger partial charge on any atom is -0.321 e. The highest BCUT2D eigenvalue weighted by molar-refractivity contribution is 7.99. The Balaban J connectivity index is 1.66. The van der Waals surface area contributed by atoms with E-state index in [1.165, 1.54) is 23.1 Å². The zero-order valence-electron chi connectivity index (χ0n) is 12.3. The third-order valence-corrected chi connectivity index (χ3v) is 5.33. The lowest BCUT2D eigenvalue weighted by Crippen LogP contribution is -2.14. The first-order valence-corrected chi connectivity index (χ1v) is 8.83. The first-order valence-electron chi connectivity index (χ1n) is 7.14. The van der Waals surface area contributed by atoms with Crippen molar-refractivity contribution < 1.29 is 9.59 Å². The topological polar surface area (TPSA) is 71.1 Å². The van der Waals surface area contributed by atoms with E-state index in [0.717, 1.165) is 9.79 Å². The molecule has 0 aliphatic carbocycles. The predicted octanol–water partition coefficient (Wildman–Crippen LogP) is 4.11. The number of nitrogens with zero attached hydrogens (tertiary/aromatic N) is 1. The van der Waals surface area contributed by atoms with E-state index in [4.69, 9.17) is 0 Å². The van der Waals surface area contributed by atoms with Gasteiger partial charge in [-0.25, -0.2) is 4.98 Å². The fourth-order valence-corrected chi connectivity index (χ4v) is 3.90. The number of thiazole rings is 1. The number of hydrogen-bond acceptors (Lipinski definition) is 5. The Morgan fingerprint density at radius 2 is 2.00 bits per heavy atom. The van der Waals surface area contributed by atoms with Crippen LogP contribution in [0.25, 0.3) is 0 Å². The molecule has 0 spiro atoms. The van der Waals surface area contributed by atoms with Gasteiger partial charge < -0.3 is 5.32 Å². The highest BCUT2D eigenvalue weighted by Gasteiger charge is 2.20. The smallest absolute Gasteiger partial charge is 0.257 e. The molecule has 1 aliphatic rings. The second kappa shape index (κ2) is 6.10. The van der Waals surface area contributed by atoms with Crippen LogP contribution in [-0.4, -0.2) is 16.8 Å². The lowest BCUT2D eigenvalue weighted by atomic mass is 10.1. The Kier molecular flexibility index (Phi) is 3.79. The Morgan fingerprint density at radius 1 is 1.12 bits per heavy atom. The number of anilines is 2. The van der Waals surface area contributed by atoms with Gasteiger partial charge in [-0.15, -0.1) is 11.3 Å². The summed E-state index contributed by atoms with van der Waals surface area (Å²) in [4.78, 5) is 30.5. The van der Waals surface area contributed by atoms with E-state index < -0.39 is 0 Å². The van der Waals surface area contributed by atoms with Gasteiger partial charge in [0.1, 0.15) is 0 Å². The molecule has 7 heteroatoms. The van der Waals surface area contributed by atoms with Crippen LogP contribution in [0.1, 0.15) is 20.7 Å². The van der Waals surface area contributed by atoms with Gasteiger partial charge in [-0.05, 0) is 30.3 Å². The zero-order chi connectivity index (χ0) is 16.5. The van der Waals surface area contributed by atoms with Crippen molar-refractivity contribution in [1.82, 2.24) is 4.98 Å². The third kappa shape index (κ3) is 2.79. The summed E-state index contributed by atoms with van der Waals surface area (Å²) in [6, 6.07) is 12.7. The number of carbonyl (C=O) groups excluding carboxylic acids is 2. The monoisotopic (exact) mass is 353 g/mol. The molecule has 2 amide bonds. The zero-order valence-corrected chi connectivity index (χ0v) is 13.9. The van der Waals surface area contributed by atoms with E-state index in [-0.39, 0.29) is 11.8 Å². The Labute approximate surface area is 146 Å². The molecule has 24 heavy (non-hydrogen) atoms. The number of benzene rings is 2. The third-order valence-electron chi connectivity index (χ3n) is 3.49. The Bertz CT molecular complexity index is 939. The largest absolute Gasteiger partial charge is 0.321 e. The van der Waals surface area contributed by atoms with Gasteiger partial charge in [0.25, 0.3) is 11.8 Å². The van der Waals surface area contributed by atoms with Crippen LogP contribution in [0.2, 0.25) is 0 Å². The van der Waals surface area contributed by atoms with Crippen molar-refractivity contribution in [2.75, 3.05) is 10.6 Å². The molecule has 2 aromatic carbocycles. The second-order valence-electron chi connectivity index (χ2n) is 5.05. The molecular formula is C17H11N3O2S2. The van der Waals surface area contributed by atoms with Gasteiger partial charge in [-0.3, -0.25) is 14.9 Å². The minimum absolute atomic E-state index is 0.172. The molecule has 2 N–H and O–H groups in total. The maximum absolute atomic E-state index is 12.4. The van der Waals surface area contributed by atoms with E-state index in [2.05, 4.69) is 15.6 Å². The summed E-state index contributed by atoms with van der Waals surface area (Å²) in [6.45, 7) is 0.